The summed E-state index contributed by atoms with van der Waals surface area (Å²) in [6.07, 6.45) is 7.53. The molecule has 0 aromatic heterocycles. The van der Waals surface area contributed by atoms with Crippen molar-refractivity contribution in [2.45, 2.75) is 58.9 Å². The standard InChI is InChI=1S/C19H33N5.ClH/c1-3-5-6-7-8-12-15-22-18(20)24-19(21-4-2)23-16-17-13-10-9-11-14-17;/h9-11,13-14H,3-8,12,15-16H2,1-2H3,(H4,20,21,22,23,24);1H. The van der Waals surface area contributed by atoms with Crippen molar-refractivity contribution in [1.82, 2.24) is 10.6 Å². The molecule has 4 N–H and O–H groups in total. The molecule has 0 aliphatic carbocycles. The Bertz CT molecular complexity index is 488. The molecule has 0 spiro atoms. The molecule has 0 saturated heterocycles. The van der Waals surface area contributed by atoms with Crippen LogP contribution in [0.1, 0.15) is 57.9 Å². The molecule has 6 heteroatoms. The third-order valence-electron chi connectivity index (χ3n) is 3.65. The number of hydrogen-bond donors (Lipinski definition) is 3. The molecule has 0 heterocycles. The van der Waals surface area contributed by atoms with Gasteiger partial charge in [0.05, 0.1) is 6.54 Å². The van der Waals surface area contributed by atoms with E-state index in [2.05, 4.69) is 39.7 Å². The number of rotatable bonds is 10. The van der Waals surface area contributed by atoms with Crippen molar-refractivity contribution >= 4 is 24.3 Å². The number of halogens is 1. The van der Waals surface area contributed by atoms with Crippen LogP contribution < -0.4 is 16.4 Å². The van der Waals surface area contributed by atoms with Gasteiger partial charge in [-0.05, 0) is 18.9 Å². The van der Waals surface area contributed by atoms with Gasteiger partial charge in [0.2, 0.25) is 0 Å². The first-order valence-electron chi connectivity index (χ1n) is 9.15. The van der Waals surface area contributed by atoms with Crippen molar-refractivity contribution in [2.24, 2.45) is 15.7 Å². The third-order valence-corrected chi connectivity index (χ3v) is 3.65. The van der Waals surface area contributed by atoms with Crippen LogP contribution in [-0.4, -0.2) is 25.0 Å². The zero-order valence-corrected chi connectivity index (χ0v) is 16.4. The summed E-state index contributed by atoms with van der Waals surface area (Å²) in [5.41, 5.74) is 7.12. The summed E-state index contributed by atoms with van der Waals surface area (Å²) in [4.78, 5) is 8.92. The summed E-state index contributed by atoms with van der Waals surface area (Å²) in [7, 11) is 0. The van der Waals surface area contributed by atoms with Crippen LogP contribution in [0.4, 0.5) is 0 Å². The van der Waals surface area contributed by atoms with Gasteiger partial charge in [-0.2, -0.15) is 0 Å². The molecule has 1 aromatic carbocycles. The van der Waals surface area contributed by atoms with Gasteiger partial charge in [-0.1, -0.05) is 69.4 Å². The number of hydrogen-bond acceptors (Lipinski definition) is 2. The fourth-order valence-electron chi connectivity index (χ4n) is 2.31. The van der Waals surface area contributed by atoms with E-state index in [1.54, 1.807) is 0 Å². The van der Waals surface area contributed by atoms with Crippen LogP contribution in [0.15, 0.2) is 40.3 Å². The second kappa shape index (κ2) is 15.8. The van der Waals surface area contributed by atoms with Gasteiger partial charge in [-0.15, -0.1) is 12.4 Å². The van der Waals surface area contributed by atoms with Gasteiger partial charge in [0.15, 0.2) is 11.9 Å². The Morgan fingerprint density at radius 1 is 0.960 bits per heavy atom. The second-order valence-corrected chi connectivity index (χ2v) is 5.84. The largest absolute Gasteiger partial charge is 0.370 e. The summed E-state index contributed by atoms with van der Waals surface area (Å²) in [6.45, 7) is 6.43. The van der Waals surface area contributed by atoms with Gasteiger partial charge in [0.1, 0.15) is 0 Å². The average Bonchev–Trinajstić information content (AvgIpc) is 2.60. The minimum absolute atomic E-state index is 0. The van der Waals surface area contributed by atoms with Gasteiger partial charge in [0.25, 0.3) is 0 Å². The molecule has 25 heavy (non-hydrogen) atoms. The Hall–Kier alpha value is -1.75. The highest BCUT2D eigenvalue weighted by molar-refractivity contribution is 5.97. The highest BCUT2D eigenvalue weighted by Crippen LogP contribution is 2.04. The van der Waals surface area contributed by atoms with Crippen molar-refractivity contribution in [3.05, 3.63) is 35.9 Å². The molecule has 0 saturated carbocycles. The van der Waals surface area contributed by atoms with E-state index in [9.17, 15) is 0 Å². The van der Waals surface area contributed by atoms with E-state index in [1.807, 2.05) is 25.1 Å². The molecule has 0 bridgehead atoms. The van der Waals surface area contributed by atoms with Crippen LogP contribution in [0.2, 0.25) is 0 Å². The number of nitrogens with two attached hydrogens (primary N) is 1. The van der Waals surface area contributed by atoms with E-state index in [0.29, 0.717) is 18.5 Å². The van der Waals surface area contributed by atoms with Crippen LogP contribution in [0, 0.1) is 0 Å². The number of nitrogens with one attached hydrogen (secondary N) is 2. The molecule has 1 rings (SSSR count). The monoisotopic (exact) mass is 367 g/mol. The molecule has 0 unspecified atom stereocenters. The quantitative estimate of drug-likeness (QED) is 0.334. The first-order valence-corrected chi connectivity index (χ1v) is 9.15. The summed E-state index contributed by atoms with van der Waals surface area (Å²) in [5.74, 6) is 1.10. The molecule has 0 radical (unpaired) electrons. The van der Waals surface area contributed by atoms with Crippen LogP contribution in [-0.2, 0) is 6.54 Å². The lowest BCUT2D eigenvalue weighted by molar-refractivity contribution is 0.612. The van der Waals surface area contributed by atoms with E-state index in [1.165, 1.54) is 32.1 Å². The van der Waals surface area contributed by atoms with Gasteiger partial charge in [-0.25, -0.2) is 4.99 Å². The van der Waals surface area contributed by atoms with Crippen molar-refractivity contribution in [1.29, 1.82) is 0 Å². The van der Waals surface area contributed by atoms with E-state index in [0.717, 1.165) is 25.1 Å². The number of guanidine groups is 2. The Balaban J connectivity index is 0.00000576. The maximum atomic E-state index is 5.95. The van der Waals surface area contributed by atoms with Crippen LogP contribution in [0.3, 0.4) is 0 Å². The number of nitrogens with zero attached hydrogens (tertiary/aromatic N) is 2. The van der Waals surface area contributed by atoms with Crippen LogP contribution >= 0.6 is 12.4 Å². The molecule has 142 valence electrons. The Morgan fingerprint density at radius 2 is 1.64 bits per heavy atom. The highest BCUT2D eigenvalue weighted by Gasteiger charge is 2.00. The molecule has 1 aromatic rings. The Kier molecular flexibility index (Phi) is 14.7. The van der Waals surface area contributed by atoms with Crippen molar-refractivity contribution < 1.29 is 0 Å². The number of aliphatic imine (C=N–C) groups is 2. The first-order chi connectivity index (χ1) is 11.8. The van der Waals surface area contributed by atoms with Crippen molar-refractivity contribution in [2.75, 3.05) is 13.1 Å². The summed E-state index contributed by atoms with van der Waals surface area (Å²) in [6, 6.07) is 10.2. The lowest BCUT2D eigenvalue weighted by Gasteiger charge is -2.10. The van der Waals surface area contributed by atoms with Gasteiger partial charge >= 0.3 is 0 Å². The Labute approximate surface area is 159 Å². The van der Waals surface area contributed by atoms with Gasteiger partial charge in [-0.3, -0.25) is 10.3 Å². The maximum Gasteiger partial charge on any atom is 0.198 e. The summed E-state index contributed by atoms with van der Waals surface area (Å²) < 4.78 is 0. The molecule has 0 atom stereocenters. The molecular formula is C19H34ClN5. The topological polar surface area (TPSA) is 74.8 Å². The van der Waals surface area contributed by atoms with E-state index in [4.69, 9.17) is 5.73 Å². The Morgan fingerprint density at radius 3 is 2.32 bits per heavy atom. The fourth-order valence-corrected chi connectivity index (χ4v) is 2.31. The van der Waals surface area contributed by atoms with Crippen LogP contribution in [0.25, 0.3) is 0 Å². The van der Waals surface area contributed by atoms with E-state index < -0.39 is 0 Å². The lowest BCUT2D eigenvalue weighted by Crippen LogP contribution is -2.44. The van der Waals surface area contributed by atoms with Crippen LogP contribution in [0.5, 0.6) is 0 Å². The molecule has 0 fully saturated rings. The molecular weight excluding hydrogens is 334 g/mol. The molecule has 0 aliphatic rings. The number of benzene rings is 1. The highest BCUT2D eigenvalue weighted by atomic mass is 35.5. The zero-order valence-electron chi connectivity index (χ0n) is 15.6. The minimum Gasteiger partial charge on any atom is -0.370 e. The molecule has 0 amide bonds. The molecule has 0 aliphatic heterocycles. The molecule has 5 nitrogen and oxygen atoms in total. The average molecular weight is 368 g/mol. The minimum atomic E-state index is 0. The summed E-state index contributed by atoms with van der Waals surface area (Å²) >= 11 is 0. The lowest BCUT2D eigenvalue weighted by atomic mass is 10.1. The predicted octanol–water partition coefficient (Wildman–Crippen LogP) is 3.84. The summed E-state index contributed by atoms with van der Waals surface area (Å²) in [5, 5.41) is 6.25. The predicted molar refractivity (Wildman–Crippen MR) is 112 cm³/mol. The fraction of sp³-hybridized carbons (Fsp3) is 0.579. The number of unbranched alkanes of at least 4 members (excludes halogenated alkanes) is 5. The smallest absolute Gasteiger partial charge is 0.198 e. The van der Waals surface area contributed by atoms with Crippen molar-refractivity contribution in [3.8, 4) is 0 Å². The third kappa shape index (κ3) is 12.3. The van der Waals surface area contributed by atoms with E-state index >= 15 is 0 Å². The maximum absolute atomic E-state index is 5.95. The first kappa shape index (κ1) is 23.2. The van der Waals surface area contributed by atoms with E-state index in [-0.39, 0.29) is 12.4 Å². The van der Waals surface area contributed by atoms with Gasteiger partial charge in [0, 0.05) is 13.1 Å². The second-order valence-electron chi connectivity index (χ2n) is 5.84. The van der Waals surface area contributed by atoms with Gasteiger partial charge < -0.3 is 11.1 Å². The zero-order chi connectivity index (χ0) is 17.5. The SMILES string of the molecule is CCCCCCCCN=C(N)NC(=NCc1ccccc1)NCC.Cl. The normalized spacial score (nSPS) is 11.8. The van der Waals surface area contributed by atoms with Crippen molar-refractivity contribution in [3.63, 3.8) is 0 Å².